The average molecular weight is 265 g/mol. The van der Waals surface area contributed by atoms with Gasteiger partial charge in [-0.1, -0.05) is 0 Å². The summed E-state index contributed by atoms with van der Waals surface area (Å²) in [6, 6.07) is 5.32. The first kappa shape index (κ1) is 13.6. The number of nitro benzene ring substituents is 1. The van der Waals surface area contributed by atoms with Crippen LogP contribution in [0.3, 0.4) is 0 Å². The van der Waals surface area contributed by atoms with Gasteiger partial charge in [0.25, 0.3) is 5.69 Å². The molecule has 1 fully saturated rings. The highest BCUT2D eigenvalue weighted by Crippen LogP contribution is 2.29. The molecule has 1 atom stereocenters. The Morgan fingerprint density at radius 1 is 1.58 bits per heavy atom. The molecule has 0 spiro atoms. The Hall–Kier alpha value is -1.82. The first-order valence-corrected chi connectivity index (χ1v) is 6.59. The lowest BCUT2D eigenvalue weighted by Crippen LogP contribution is -2.29. The van der Waals surface area contributed by atoms with E-state index in [4.69, 9.17) is 4.74 Å². The van der Waals surface area contributed by atoms with Gasteiger partial charge in [0, 0.05) is 12.6 Å². The number of nitro groups is 1. The highest BCUT2D eigenvalue weighted by Gasteiger charge is 2.18. The molecule has 0 bridgehead atoms. The third-order valence-electron chi connectivity index (χ3n) is 3.18. The van der Waals surface area contributed by atoms with Gasteiger partial charge in [-0.05, 0) is 38.4 Å². The van der Waals surface area contributed by atoms with Crippen molar-refractivity contribution in [3.8, 4) is 5.75 Å². The molecule has 19 heavy (non-hydrogen) atoms. The fraction of sp³-hybridized carbons (Fsp3) is 0.538. The van der Waals surface area contributed by atoms with Crippen LogP contribution in [0.4, 0.5) is 11.4 Å². The predicted molar refractivity (Wildman–Crippen MR) is 73.8 cm³/mol. The van der Waals surface area contributed by atoms with Crippen molar-refractivity contribution < 1.29 is 9.66 Å². The van der Waals surface area contributed by atoms with E-state index in [1.807, 2.05) is 6.92 Å². The Bertz CT molecular complexity index is 445. The third kappa shape index (κ3) is 3.57. The van der Waals surface area contributed by atoms with E-state index < -0.39 is 0 Å². The molecule has 1 saturated heterocycles. The van der Waals surface area contributed by atoms with E-state index in [1.54, 1.807) is 12.1 Å². The van der Waals surface area contributed by atoms with Crippen LogP contribution in [0.15, 0.2) is 18.2 Å². The molecule has 0 aromatic heterocycles. The number of hydrogen-bond donors (Lipinski definition) is 2. The van der Waals surface area contributed by atoms with Crippen molar-refractivity contribution in [3.63, 3.8) is 0 Å². The lowest BCUT2D eigenvalue weighted by molar-refractivity contribution is -0.384. The van der Waals surface area contributed by atoms with E-state index in [9.17, 15) is 10.1 Å². The zero-order valence-electron chi connectivity index (χ0n) is 11.0. The second kappa shape index (κ2) is 6.38. The summed E-state index contributed by atoms with van der Waals surface area (Å²) >= 11 is 0. The molecule has 0 amide bonds. The SMILES string of the molecule is CCOc1ccc(NCC2CCCN2)c([N+](=O)[O-])c1. The molecular weight excluding hydrogens is 246 g/mol. The Labute approximate surface area is 112 Å². The summed E-state index contributed by atoms with van der Waals surface area (Å²) in [6.45, 7) is 4.08. The topological polar surface area (TPSA) is 76.4 Å². The van der Waals surface area contributed by atoms with Crippen molar-refractivity contribution in [3.05, 3.63) is 28.3 Å². The van der Waals surface area contributed by atoms with Crippen molar-refractivity contribution in [1.29, 1.82) is 0 Å². The van der Waals surface area contributed by atoms with Crippen molar-refractivity contribution in [2.45, 2.75) is 25.8 Å². The maximum atomic E-state index is 11.1. The molecule has 1 unspecified atom stereocenters. The monoisotopic (exact) mass is 265 g/mol. The number of anilines is 1. The molecule has 1 aliphatic rings. The van der Waals surface area contributed by atoms with Gasteiger partial charge in [-0.15, -0.1) is 0 Å². The van der Waals surface area contributed by atoms with Crippen LogP contribution in [0.5, 0.6) is 5.75 Å². The molecule has 6 heteroatoms. The quantitative estimate of drug-likeness (QED) is 0.609. The second-order valence-electron chi connectivity index (χ2n) is 4.54. The summed E-state index contributed by atoms with van der Waals surface area (Å²) in [6.07, 6.45) is 2.27. The number of benzene rings is 1. The number of hydrogen-bond acceptors (Lipinski definition) is 5. The van der Waals surface area contributed by atoms with Gasteiger partial charge in [0.2, 0.25) is 0 Å². The van der Waals surface area contributed by atoms with Gasteiger partial charge in [0.05, 0.1) is 17.6 Å². The van der Waals surface area contributed by atoms with Crippen LogP contribution in [0.1, 0.15) is 19.8 Å². The van der Waals surface area contributed by atoms with Crippen LogP contribution in [-0.2, 0) is 0 Å². The van der Waals surface area contributed by atoms with Gasteiger partial charge in [-0.2, -0.15) is 0 Å². The molecule has 1 aromatic rings. The molecule has 0 aliphatic carbocycles. The lowest BCUT2D eigenvalue weighted by Gasteiger charge is -2.13. The summed E-state index contributed by atoms with van der Waals surface area (Å²) in [5.41, 5.74) is 0.603. The third-order valence-corrected chi connectivity index (χ3v) is 3.18. The first-order chi connectivity index (χ1) is 9.20. The predicted octanol–water partition coefficient (Wildman–Crippen LogP) is 2.16. The molecule has 1 aliphatic heterocycles. The minimum atomic E-state index is -0.382. The van der Waals surface area contributed by atoms with Crippen LogP contribution in [-0.4, -0.2) is 30.7 Å². The van der Waals surface area contributed by atoms with Gasteiger partial charge in [-0.3, -0.25) is 10.1 Å². The summed E-state index contributed by atoms with van der Waals surface area (Å²) in [5.74, 6) is 0.527. The van der Waals surface area contributed by atoms with Crippen LogP contribution in [0.25, 0.3) is 0 Å². The second-order valence-corrected chi connectivity index (χ2v) is 4.54. The molecule has 0 radical (unpaired) electrons. The minimum Gasteiger partial charge on any atom is -0.494 e. The van der Waals surface area contributed by atoms with E-state index >= 15 is 0 Å². The minimum absolute atomic E-state index is 0.0592. The maximum Gasteiger partial charge on any atom is 0.296 e. The van der Waals surface area contributed by atoms with E-state index in [2.05, 4.69) is 10.6 Å². The zero-order chi connectivity index (χ0) is 13.7. The first-order valence-electron chi connectivity index (χ1n) is 6.59. The smallest absolute Gasteiger partial charge is 0.296 e. The Balaban J connectivity index is 2.07. The number of nitrogens with one attached hydrogen (secondary N) is 2. The molecule has 6 nitrogen and oxygen atoms in total. The Morgan fingerprint density at radius 2 is 2.42 bits per heavy atom. The van der Waals surface area contributed by atoms with E-state index in [0.717, 1.165) is 19.4 Å². The van der Waals surface area contributed by atoms with Crippen molar-refractivity contribution in [1.82, 2.24) is 5.32 Å². The fourth-order valence-electron chi connectivity index (χ4n) is 2.23. The number of nitrogens with zero attached hydrogens (tertiary/aromatic N) is 1. The largest absolute Gasteiger partial charge is 0.494 e. The van der Waals surface area contributed by atoms with E-state index in [0.29, 0.717) is 30.6 Å². The van der Waals surface area contributed by atoms with Gasteiger partial charge in [0.15, 0.2) is 0 Å². The highest BCUT2D eigenvalue weighted by molar-refractivity contribution is 5.63. The molecule has 1 aromatic carbocycles. The average Bonchev–Trinajstić information content (AvgIpc) is 2.90. The van der Waals surface area contributed by atoms with Crippen LogP contribution < -0.4 is 15.4 Å². The summed E-state index contributed by atoms with van der Waals surface area (Å²) < 4.78 is 5.29. The van der Waals surface area contributed by atoms with Crippen molar-refractivity contribution >= 4 is 11.4 Å². The lowest BCUT2D eigenvalue weighted by atomic mass is 10.2. The summed E-state index contributed by atoms with van der Waals surface area (Å²) in [4.78, 5) is 10.7. The van der Waals surface area contributed by atoms with E-state index in [-0.39, 0.29) is 10.6 Å². The molecular formula is C13H19N3O3. The summed E-state index contributed by atoms with van der Waals surface area (Å²) in [5, 5.41) is 17.6. The molecule has 2 rings (SSSR count). The number of ether oxygens (including phenoxy) is 1. The standard InChI is InChI=1S/C13H19N3O3/c1-2-19-11-5-6-12(13(8-11)16(17)18)15-9-10-4-3-7-14-10/h5-6,8,10,14-15H,2-4,7,9H2,1H3. The maximum absolute atomic E-state index is 11.1. The van der Waals surface area contributed by atoms with Crippen LogP contribution in [0, 0.1) is 10.1 Å². The Kier molecular flexibility index (Phi) is 4.57. The highest BCUT2D eigenvalue weighted by atomic mass is 16.6. The van der Waals surface area contributed by atoms with Crippen LogP contribution >= 0.6 is 0 Å². The van der Waals surface area contributed by atoms with Crippen LogP contribution in [0.2, 0.25) is 0 Å². The van der Waals surface area contributed by atoms with Gasteiger partial charge in [-0.25, -0.2) is 0 Å². The zero-order valence-corrected chi connectivity index (χ0v) is 11.0. The molecule has 2 N–H and O–H groups in total. The van der Waals surface area contributed by atoms with Gasteiger partial charge >= 0.3 is 0 Å². The summed E-state index contributed by atoms with van der Waals surface area (Å²) in [7, 11) is 0. The Morgan fingerprint density at radius 3 is 3.05 bits per heavy atom. The van der Waals surface area contributed by atoms with Crippen molar-refractivity contribution in [2.24, 2.45) is 0 Å². The van der Waals surface area contributed by atoms with Gasteiger partial charge in [0.1, 0.15) is 11.4 Å². The van der Waals surface area contributed by atoms with Crippen molar-refractivity contribution in [2.75, 3.05) is 25.0 Å². The normalized spacial score (nSPS) is 18.3. The fourth-order valence-corrected chi connectivity index (χ4v) is 2.23. The molecule has 104 valence electrons. The molecule has 0 saturated carbocycles. The van der Waals surface area contributed by atoms with Gasteiger partial charge < -0.3 is 15.4 Å². The van der Waals surface area contributed by atoms with E-state index in [1.165, 1.54) is 6.07 Å². The number of rotatable bonds is 6. The molecule has 1 heterocycles.